The highest BCUT2D eigenvalue weighted by molar-refractivity contribution is 5.98. The van der Waals surface area contributed by atoms with Gasteiger partial charge in [-0.3, -0.25) is 0 Å². The molecular formula is C15H18N2O6. The fourth-order valence-electron chi connectivity index (χ4n) is 2.65. The lowest BCUT2D eigenvalue weighted by atomic mass is 9.97. The Morgan fingerprint density at radius 1 is 0.913 bits per heavy atom. The molecule has 0 aromatic rings. The van der Waals surface area contributed by atoms with Gasteiger partial charge in [0.05, 0.1) is 25.6 Å². The zero-order valence-electron chi connectivity index (χ0n) is 12.5. The van der Waals surface area contributed by atoms with Crippen LogP contribution in [0.4, 0.5) is 0 Å². The first kappa shape index (κ1) is 16.7. The maximum Gasteiger partial charge on any atom is 0.334 e. The van der Waals surface area contributed by atoms with Crippen molar-refractivity contribution >= 4 is 24.4 Å². The molecule has 2 saturated heterocycles. The van der Waals surface area contributed by atoms with Gasteiger partial charge in [0.15, 0.2) is 0 Å². The number of ether oxygens (including phenoxy) is 2. The molecule has 0 saturated carbocycles. The maximum absolute atomic E-state index is 11.6. The summed E-state index contributed by atoms with van der Waals surface area (Å²) in [4.78, 5) is 23.2. The molecule has 0 aromatic carbocycles. The number of carbonyl (C=O) groups is 2. The Bertz CT molecular complexity index is 551. The molecule has 124 valence electrons. The van der Waals surface area contributed by atoms with E-state index in [1.54, 1.807) is 0 Å². The van der Waals surface area contributed by atoms with E-state index >= 15 is 0 Å². The van der Waals surface area contributed by atoms with E-state index in [1.807, 2.05) is 0 Å². The second-order valence-electron chi connectivity index (χ2n) is 5.12. The molecule has 0 atom stereocenters. The number of hydrogen-bond acceptors (Lipinski definition) is 8. The zero-order valence-corrected chi connectivity index (χ0v) is 12.5. The summed E-state index contributed by atoms with van der Waals surface area (Å²) in [6.07, 6.45) is 4.96. The molecule has 0 aliphatic carbocycles. The minimum Gasteiger partial charge on any atom is -0.462 e. The van der Waals surface area contributed by atoms with Gasteiger partial charge < -0.3 is 19.9 Å². The SMILES string of the molecule is O=C1OCC/C1=C(/C=N\O)CCCC(/C=N\O)=C1/CCOC1=O. The molecule has 2 heterocycles. The van der Waals surface area contributed by atoms with Gasteiger partial charge in [0, 0.05) is 24.0 Å². The van der Waals surface area contributed by atoms with Crippen molar-refractivity contribution in [2.45, 2.75) is 32.1 Å². The van der Waals surface area contributed by atoms with Gasteiger partial charge in [0.1, 0.15) is 0 Å². The molecule has 2 fully saturated rings. The fourth-order valence-corrected chi connectivity index (χ4v) is 2.65. The Kier molecular flexibility index (Phi) is 5.90. The van der Waals surface area contributed by atoms with Gasteiger partial charge in [-0.1, -0.05) is 10.3 Å². The topological polar surface area (TPSA) is 118 Å². The van der Waals surface area contributed by atoms with Gasteiger partial charge in [-0.05, 0) is 30.4 Å². The second kappa shape index (κ2) is 8.11. The van der Waals surface area contributed by atoms with Crippen molar-refractivity contribution in [2.24, 2.45) is 10.3 Å². The Morgan fingerprint density at radius 2 is 1.35 bits per heavy atom. The van der Waals surface area contributed by atoms with Crippen LogP contribution in [0.25, 0.3) is 0 Å². The summed E-state index contributed by atoms with van der Waals surface area (Å²) in [6.45, 7) is 0.657. The first-order valence-electron chi connectivity index (χ1n) is 7.30. The zero-order chi connectivity index (χ0) is 16.7. The van der Waals surface area contributed by atoms with Gasteiger partial charge in [-0.15, -0.1) is 0 Å². The normalized spacial score (nSPS) is 22.8. The van der Waals surface area contributed by atoms with Crippen LogP contribution in [0.1, 0.15) is 32.1 Å². The van der Waals surface area contributed by atoms with E-state index in [-0.39, 0.29) is 0 Å². The van der Waals surface area contributed by atoms with Crippen molar-refractivity contribution in [3.63, 3.8) is 0 Å². The minimum atomic E-state index is -0.394. The summed E-state index contributed by atoms with van der Waals surface area (Å²) < 4.78 is 9.78. The third kappa shape index (κ3) is 4.18. The van der Waals surface area contributed by atoms with Crippen LogP contribution in [0.3, 0.4) is 0 Å². The smallest absolute Gasteiger partial charge is 0.334 e. The van der Waals surface area contributed by atoms with Crippen molar-refractivity contribution in [2.75, 3.05) is 13.2 Å². The molecule has 2 N–H and O–H groups in total. The minimum absolute atomic E-state index is 0.329. The van der Waals surface area contributed by atoms with E-state index in [1.165, 1.54) is 12.4 Å². The third-order valence-electron chi connectivity index (χ3n) is 3.76. The van der Waals surface area contributed by atoms with Gasteiger partial charge in [-0.2, -0.15) is 0 Å². The number of carbonyl (C=O) groups excluding carboxylic acids is 2. The number of rotatable bonds is 6. The van der Waals surface area contributed by atoms with Crippen LogP contribution in [0.5, 0.6) is 0 Å². The average Bonchev–Trinajstić information content (AvgIpc) is 3.14. The predicted molar refractivity (Wildman–Crippen MR) is 79.6 cm³/mol. The van der Waals surface area contributed by atoms with Crippen molar-refractivity contribution in [3.8, 4) is 0 Å². The molecule has 2 rings (SSSR count). The van der Waals surface area contributed by atoms with Crippen LogP contribution in [0.2, 0.25) is 0 Å². The van der Waals surface area contributed by atoms with Gasteiger partial charge in [0.2, 0.25) is 0 Å². The van der Waals surface area contributed by atoms with Crippen LogP contribution >= 0.6 is 0 Å². The average molecular weight is 322 g/mol. The Hall–Kier alpha value is -2.64. The van der Waals surface area contributed by atoms with E-state index in [2.05, 4.69) is 10.3 Å². The molecule has 2 aliphatic heterocycles. The van der Waals surface area contributed by atoms with Crippen LogP contribution in [0.15, 0.2) is 32.6 Å². The summed E-state index contributed by atoms with van der Waals surface area (Å²) in [5, 5.41) is 23.5. The molecule has 8 nitrogen and oxygen atoms in total. The molecule has 0 spiro atoms. The molecule has 0 radical (unpaired) electrons. The Morgan fingerprint density at radius 3 is 1.65 bits per heavy atom. The van der Waals surface area contributed by atoms with E-state index in [4.69, 9.17) is 19.9 Å². The Balaban J connectivity index is 2.06. The molecule has 23 heavy (non-hydrogen) atoms. The molecule has 0 unspecified atom stereocenters. The third-order valence-corrected chi connectivity index (χ3v) is 3.76. The number of oxime groups is 2. The van der Waals surface area contributed by atoms with Crippen molar-refractivity contribution in [1.29, 1.82) is 0 Å². The van der Waals surface area contributed by atoms with Crippen LogP contribution in [-0.2, 0) is 19.1 Å². The standard InChI is InChI=1S/C15H18N2O6/c18-14-12(4-6-22-14)10(8-16-20)2-1-3-11(9-17-21)13-5-7-23-15(13)19/h8-9,20-21H,1-7H2/b12-10-,13-11+,16-8-,17-9-. The van der Waals surface area contributed by atoms with Crippen molar-refractivity contribution < 1.29 is 29.5 Å². The van der Waals surface area contributed by atoms with E-state index in [9.17, 15) is 9.59 Å². The quantitative estimate of drug-likeness (QED) is 0.252. The number of allylic oxidation sites excluding steroid dienone is 2. The summed E-state index contributed by atoms with van der Waals surface area (Å²) in [5.41, 5.74) is 2.23. The van der Waals surface area contributed by atoms with Gasteiger partial charge >= 0.3 is 11.9 Å². The predicted octanol–water partition coefficient (Wildman–Crippen LogP) is 1.56. The Labute approximate surface area is 132 Å². The van der Waals surface area contributed by atoms with E-state index < -0.39 is 11.9 Å². The van der Waals surface area contributed by atoms with Crippen LogP contribution < -0.4 is 0 Å². The lowest BCUT2D eigenvalue weighted by Crippen LogP contribution is -2.03. The molecule has 2 aliphatic rings. The summed E-state index contributed by atoms with van der Waals surface area (Å²) in [6, 6.07) is 0. The first-order valence-corrected chi connectivity index (χ1v) is 7.30. The lowest BCUT2D eigenvalue weighted by molar-refractivity contribution is -0.136. The van der Waals surface area contributed by atoms with Crippen LogP contribution in [0, 0.1) is 0 Å². The molecule has 0 aromatic heterocycles. The summed E-state index contributed by atoms with van der Waals surface area (Å²) >= 11 is 0. The van der Waals surface area contributed by atoms with Crippen LogP contribution in [-0.4, -0.2) is 48.0 Å². The van der Waals surface area contributed by atoms with E-state index in [0.717, 1.165) is 0 Å². The van der Waals surface area contributed by atoms with Gasteiger partial charge in [0.25, 0.3) is 0 Å². The number of esters is 2. The molecular weight excluding hydrogens is 304 g/mol. The molecule has 0 bridgehead atoms. The number of nitrogens with zero attached hydrogens (tertiary/aromatic N) is 2. The van der Waals surface area contributed by atoms with E-state index in [0.29, 0.717) is 67.6 Å². The fraction of sp³-hybridized carbons (Fsp3) is 0.467. The van der Waals surface area contributed by atoms with Gasteiger partial charge in [-0.25, -0.2) is 9.59 Å². The summed E-state index contributed by atoms with van der Waals surface area (Å²) in [5.74, 6) is -0.787. The maximum atomic E-state index is 11.6. The second-order valence-corrected chi connectivity index (χ2v) is 5.12. The highest BCUT2D eigenvalue weighted by atomic mass is 16.5. The largest absolute Gasteiger partial charge is 0.462 e. The molecule has 8 heteroatoms. The number of hydrogen-bond donors (Lipinski definition) is 2. The monoisotopic (exact) mass is 322 g/mol. The van der Waals surface area contributed by atoms with Crippen molar-refractivity contribution in [1.82, 2.24) is 0 Å². The molecule has 0 amide bonds. The highest BCUT2D eigenvalue weighted by Crippen LogP contribution is 2.24. The summed E-state index contributed by atoms with van der Waals surface area (Å²) in [7, 11) is 0. The first-order chi connectivity index (χ1) is 11.2. The van der Waals surface area contributed by atoms with Crippen molar-refractivity contribution in [3.05, 3.63) is 22.3 Å². The highest BCUT2D eigenvalue weighted by Gasteiger charge is 2.24. The number of cyclic esters (lactones) is 2. The lowest BCUT2D eigenvalue weighted by Gasteiger charge is -2.06.